The third-order valence-electron chi connectivity index (χ3n) is 17.5. The van der Waals surface area contributed by atoms with Crippen LogP contribution in [0.3, 0.4) is 0 Å². The average molecular weight is 1130 g/mol. The Morgan fingerprint density at radius 1 is 0.823 bits per heavy atom. The first kappa shape index (κ1) is 60.8. The molecule has 3 fully saturated rings. The Labute approximate surface area is 468 Å². The van der Waals surface area contributed by atoms with Crippen LogP contribution in [0.2, 0.25) is 0 Å². The van der Waals surface area contributed by atoms with Gasteiger partial charge in [0.1, 0.15) is 52.4 Å². The van der Waals surface area contributed by atoms with Crippen molar-refractivity contribution in [2.75, 3.05) is 26.5 Å². The lowest BCUT2D eigenvalue weighted by molar-refractivity contribution is -0.318. The van der Waals surface area contributed by atoms with Gasteiger partial charge in [0.15, 0.2) is 18.2 Å². The molecule has 21 heteroatoms. The molecule has 20 nitrogen and oxygen atoms in total. The minimum Gasteiger partial charge on any atom is -0.508 e. The van der Waals surface area contributed by atoms with Crippen molar-refractivity contribution < 1.29 is 83.2 Å². The maximum atomic E-state index is 14.7. The summed E-state index contributed by atoms with van der Waals surface area (Å²) >= 11 is 4.97. The molecule has 3 saturated heterocycles. The number of phenols is 2. The molecule has 3 unspecified atom stereocenters. The standard InChI is InChI=1S/C58H83N3O17S/c1-14-43-57(10,70)48(65)29(4)45(60-54(79)59-33-15-18-37-36(22-33)52(68)78-58(37)38-19-16-34(62)23-41(38)74-42-24-35(63)17-20-39(42)58)27(2)25-55(8,69)50(77-53-46(64)40(61(11)12)21-28(3)72-53)30(5)47(31(6)51(67)75-43)76-44-26-56(9,71-13)49(66)32(7)73-44/h15-20,22-24,27-32,40,43-50,53-54,59-60,62-66,69-70,79H,14,21,25-26H2,1-13H3/t27-,28-,29+,30+,31-,32+,40+,43-,44?,45+,46-,47+,48-,49+,50-,53+,54?,55-,56?,57-/m1/s1. The van der Waals surface area contributed by atoms with Crippen molar-refractivity contribution in [1.82, 2.24) is 10.2 Å². The molecular formula is C58H83N3O17S. The van der Waals surface area contributed by atoms with E-state index in [9.17, 15) is 45.3 Å². The first-order valence-corrected chi connectivity index (χ1v) is 28.0. The van der Waals surface area contributed by atoms with Crippen LogP contribution in [0.15, 0.2) is 54.6 Å². The second kappa shape index (κ2) is 23.1. The van der Waals surface area contributed by atoms with E-state index in [-0.39, 0.29) is 60.0 Å². The lowest BCUT2D eigenvalue weighted by Crippen LogP contribution is -2.62. The van der Waals surface area contributed by atoms with E-state index in [1.165, 1.54) is 38.3 Å². The van der Waals surface area contributed by atoms with E-state index in [0.29, 0.717) is 28.8 Å². The molecular weight excluding hydrogens is 1040 g/mol. The molecule has 9 N–H and O–H groups in total. The van der Waals surface area contributed by atoms with E-state index in [1.54, 1.807) is 78.8 Å². The van der Waals surface area contributed by atoms with Crippen molar-refractivity contribution in [3.8, 4) is 23.0 Å². The molecule has 5 aliphatic heterocycles. The Bertz CT molecular complexity index is 2620. The summed E-state index contributed by atoms with van der Waals surface area (Å²) in [5.74, 6) is -4.56. The third-order valence-corrected chi connectivity index (χ3v) is 17.8. The maximum Gasteiger partial charge on any atom is 0.340 e. The molecule has 8 rings (SSSR count). The van der Waals surface area contributed by atoms with Gasteiger partial charge in [-0.2, -0.15) is 0 Å². The molecule has 1 spiro atoms. The van der Waals surface area contributed by atoms with Gasteiger partial charge in [-0.25, -0.2) is 4.79 Å². The molecule has 79 heavy (non-hydrogen) atoms. The summed E-state index contributed by atoms with van der Waals surface area (Å²) in [4.78, 5) is 30.6. The highest BCUT2D eigenvalue weighted by molar-refractivity contribution is 7.81. The number of aromatic hydroxyl groups is 2. The average Bonchev–Trinajstić information content (AvgIpc) is 3.75. The Balaban J connectivity index is 1.15. The van der Waals surface area contributed by atoms with Gasteiger partial charge in [0.05, 0.1) is 53.2 Å². The summed E-state index contributed by atoms with van der Waals surface area (Å²) in [6.07, 6.45) is -10.2. The molecule has 0 amide bonds. The van der Waals surface area contributed by atoms with Gasteiger partial charge < -0.3 is 83.9 Å². The number of fused-ring (bicyclic) bond motifs is 6. The van der Waals surface area contributed by atoms with Crippen LogP contribution >= 0.6 is 12.6 Å². The zero-order valence-corrected chi connectivity index (χ0v) is 48.3. The number of esters is 2. The quantitative estimate of drug-likeness (QED) is 0.0647. The van der Waals surface area contributed by atoms with E-state index < -0.39 is 125 Å². The lowest BCUT2D eigenvalue weighted by Gasteiger charge is -2.50. The number of aliphatic hydroxyl groups excluding tert-OH is 3. The van der Waals surface area contributed by atoms with E-state index >= 15 is 0 Å². The van der Waals surface area contributed by atoms with Gasteiger partial charge >= 0.3 is 11.9 Å². The van der Waals surface area contributed by atoms with Crippen molar-refractivity contribution in [3.05, 3.63) is 76.9 Å². The van der Waals surface area contributed by atoms with Crippen LogP contribution in [0.5, 0.6) is 23.0 Å². The molecule has 5 heterocycles. The van der Waals surface area contributed by atoms with Gasteiger partial charge in [-0.05, 0) is 117 Å². The zero-order valence-electron chi connectivity index (χ0n) is 47.4. The topological polar surface area (TPSA) is 277 Å². The molecule has 0 bridgehead atoms. The van der Waals surface area contributed by atoms with Gasteiger partial charge in [0.2, 0.25) is 0 Å². The van der Waals surface area contributed by atoms with Gasteiger partial charge in [-0.1, -0.05) is 33.8 Å². The molecule has 0 aliphatic carbocycles. The number of carbonyl (C=O) groups is 2. The van der Waals surface area contributed by atoms with Crippen LogP contribution in [0.4, 0.5) is 5.69 Å². The molecule has 20 atom stereocenters. The molecule has 3 aromatic carbocycles. The second-order valence-corrected chi connectivity index (χ2v) is 24.3. The number of thiol groups is 1. The number of carbonyl (C=O) groups excluding carboxylic acids is 2. The fraction of sp³-hybridized carbons (Fsp3) is 0.655. The van der Waals surface area contributed by atoms with Crippen LogP contribution in [-0.2, 0) is 43.6 Å². The number of rotatable bonds is 11. The first-order chi connectivity index (χ1) is 37.0. The van der Waals surface area contributed by atoms with Gasteiger partial charge in [-0.15, -0.1) is 12.6 Å². The van der Waals surface area contributed by atoms with Crippen molar-refractivity contribution in [3.63, 3.8) is 0 Å². The van der Waals surface area contributed by atoms with Crippen LogP contribution in [0.25, 0.3) is 0 Å². The molecule has 438 valence electrons. The number of cyclic esters (lactones) is 1. The zero-order chi connectivity index (χ0) is 58.0. The van der Waals surface area contributed by atoms with Crippen LogP contribution in [0, 0.1) is 23.7 Å². The van der Waals surface area contributed by atoms with E-state index in [1.807, 2.05) is 32.8 Å². The van der Waals surface area contributed by atoms with Crippen molar-refractivity contribution in [2.45, 2.75) is 196 Å². The Morgan fingerprint density at radius 3 is 2.04 bits per heavy atom. The monoisotopic (exact) mass is 1130 g/mol. The molecule has 5 aliphatic rings. The number of hydrogen-bond donors (Lipinski definition) is 10. The molecule has 0 saturated carbocycles. The summed E-state index contributed by atoms with van der Waals surface area (Å²) in [5.41, 5.74) is -5.32. The number of phenolic OH excluding ortho intramolecular Hbond substituents is 2. The normalized spacial score (nSPS) is 39.1. The number of methoxy groups -OCH3 is 1. The van der Waals surface area contributed by atoms with Gasteiger partial charge in [0.25, 0.3) is 0 Å². The summed E-state index contributed by atoms with van der Waals surface area (Å²) in [6.45, 7) is 17.1. The molecule has 3 aromatic rings. The third kappa shape index (κ3) is 11.6. The van der Waals surface area contributed by atoms with Crippen molar-refractivity contribution >= 4 is 30.3 Å². The number of nitrogens with zero attached hydrogens (tertiary/aromatic N) is 1. The largest absolute Gasteiger partial charge is 0.508 e. The fourth-order valence-electron chi connectivity index (χ4n) is 13.1. The number of ether oxygens (including phenoxy) is 8. The highest BCUT2D eigenvalue weighted by atomic mass is 32.1. The number of hydrogen-bond acceptors (Lipinski definition) is 21. The highest BCUT2D eigenvalue weighted by Crippen LogP contribution is 2.57. The lowest BCUT2D eigenvalue weighted by atomic mass is 9.72. The summed E-state index contributed by atoms with van der Waals surface area (Å²) < 4.78 is 50.7. The Morgan fingerprint density at radius 2 is 1.44 bits per heavy atom. The fourth-order valence-corrected chi connectivity index (χ4v) is 13.4. The van der Waals surface area contributed by atoms with Crippen LogP contribution in [-0.4, -0.2) is 170 Å². The van der Waals surface area contributed by atoms with E-state index in [0.717, 1.165) is 0 Å². The van der Waals surface area contributed by atoms with Crippen LogP contribution < -0.4 is 15.4 Å². The number of nitrogens with one attached hydrogen (secondary N) is 2. The Kier molecular flexibility index (Phi) is 17.8. The SMILES string of the molecule is CC[C@H]1OC(=O)[C@H](C)[C@@H](OC2CC(C)(OC)[C@@H](O)[C@H](C)O2)[C@H](C)[C@@H](O[C@@H]2O[C@H](C)C[C@H](N(C)C)[C@H]2O)[C@](C)(O)C[C@@H](C)[C@H](NC(S)Nc2ccc3c(c2)C(=O)OC32c3ccc(O)cc3Oc3cc(O)ccc32)[C@H](C)[C@@H](O)[C@]1(C)O. The minimum atomic E-state index is -2.04. The summed E-state index contributed by atoms with van der Waals surface area (Å²) in [7, 11) is 5.19. The smallest absolute Gasteiger partial charge is 0.340 e. The van der Waals surface area contributed by atoms with E-state index in [4.69, 9.17) is 50.5 Å². The second-order valence-electron chi connectivity index (χ2n) is 23.7. The van der Waals surface area contributed by atoms with Crippen LogP contribution in [0.1, 0.15) is 122 Å². The minimum absolute atomic E-state index is 0.0442. The Hall–Kier alpha value is -4.33. The number of likely N-dealkylation sites (N-methyl/N-ethyl adjacent to an activating group) is 1. The van der Waals surface area contributed by atoms with Crippen molar-refractivity contribution in [2.24, 2.45) is 23.7 Å². The predicted molar refractivity (Wildman–Crippen MR) is 293 cm³/mol. The summed E-state index contributed by atoms with van der Waals surface area (Å²) in [5, 5.41) is 88.7. The first-order valence-electron chi connectivity index (χ1n) is 27.4. The molecule has 0 aromatic heterocycles. The highest BCUT2D eigenvalue weighted by Gasteiger charge is 2.56. The van der Waals surface area contributed by atoms with Gasteiger partial charge in [0, 0.05) is 72.0 Å². The van der Waals surface area contributed by atoms with E-state index in [2.05, 4.69) is 10.6 Å². The van der Waals surface area contributed by atoms with Gasteiger partial charge in [-0.3, -0.25) is 10.1 Å². The predicted octanol–water partition coefficient (Wildman–Crippen LogP) is 5.48. The maximum absolute atomic E-state index is 14.7. The number of anilines is 1. The number of aliphatic hydroxyl groups is 5. The molecule has 0 radical (unpaired) electrons. The summed E-state index contributed by atoms with van der Waals surface area (Å²) in [6, 6.07) is 13.0. The number of benzene rings is 3. The van der Waals surface area contributed by atoms with Crippen molar-refractivity contribution in [1.29, 1.82) is 0 Å².